The number of carbonyl (C=O) groups excluding carboxylic acids is 1. The summed E-state index contributed by atoms with van der Waals surface area (Å²) >= 11 is 0. The average Bonchev–Trinajstić information content (AvgIpc) is 2.75. The van der Waals surface area contributed by atoms with E-state index in [-0.39, 0.29) is 17.9 Å². The minimum absolute atomic E-state index is 0.0403. The number of hydrogen-bond donors (Lipinski definition) is 1. The van der Waals surface area contributed by atoms with Crippen molar-refractivity contribution in [2.45, 2.75) is 44.8 Å². The monoisotopic (exact) mass is 241 g/mol. The van der Waals surface area contributed by atoms with Gasteiger partial charge in [-0.2, -0.15) is 0 Å². The first-order valence-electron chi connectivity index (χ1n) is 6.24. The SMILES string of the molecule is CC1CC(C(=O)N2CCCC[C@H]2C(=O)O)CO1. The molecule has 0 saturated carbocycles. The van der Waals surface area contributed by atoms with Crippen LogP contribution in [0.2, 0.25) is 0 Å². The second kappa shape index (κ2) is 5.04. The molecule has 2 unspecified atom stereocenters. The van der Waals surface area contributed by atoms with Gasteiger partial charge in [0.15, 0.2) is 0 Å². The van der Waals surface area contributed by atoms with Gasteiger partial charge in [0.2, 0.25) is 5.91 Å². The maximum absolute atomic E-state index is 12.2. The third kappa shape index (κ3) is 2.60. The first kappa shape index (κ1) is 12.4. The summed E-state index contributed by atoms with van der Waals surface area (Å²) in [6, 6.07) is -0.632. The predicted octanol–water partition coefficient (Wildman–Crippen LogP) is 0.877. The molecule has 2 fully saturated rings. The van der Waals surface area contributed by atoms with Crippen LogP contribution < -0.4 is 0 Å². The molecule has 0 aliphatic carbocycles. The molecule has 2 saturated heterocycles. The van der Waals surface area contributed by atoms with E-state index in [2.05, 4.69) is 0 Å². The van der Waals surface area contributed by atoms with Gasteiger partial charge in [0.1, 0.15) is 6.04 Å². The summed E-state index contributed by atoms with van der Waals surface area (Å²) in [4.78, 5) is 24.9. The van der Waals surface area contributed by atoms with E-state index in [1.807, 2.05) is 6.92 Å². The number of carboxylic acids is 1. The number of likely N-dealkylation sites (tertiary alicyclic amines) is 1. The van der Waals surface area contributed by atoms with E-state index in [1.54, 1.807) is 0 Å². The fourth-order valence-electron chi connectivity index (χ4n) is 2.68. The van der Waals surface area contributed by atoms with Gasteiger partial charge in [0.05, 0.1) is 18.6 Å². The number of amides is 1. The largest absolute Gasteiger partial charge is 0.480 e. The number of carbonyl (C=O) groups is 2. The van der Waals surface area contributed by atoms with E-state index < -0.39 is 12.0 Å². The molecule has 0 aromatic carbocycles. The molecule has 2 heterocycles. The Balaban J connectivity index is 2.03. The van der Waals surface area contributed by atoms with Gasteiger partial charge < -0.3 is 14.7 Å². The number of ether oxygens (including phenoxy) is 1. The topological polar surface area (TPSA) is 66.8 Å². The number of piperidine rings is 1. The minimum Gasteiger partial charge on any atom is -0.480 e. The van der Waals surface area contributed by atoms with E-state index in [0.717, 1.165) is 12.8 Å². The zero-order valence-electron chi connectivity index (χ0n) is 10.1. The normalized spacial score (nSPS) is 33.7. The van der Waals surface area contributed by atoms with Gasteiger partial charge in [-0.25, -0.2) is 4.79 Å². The maximum atomic E-state index is 12.2. The summed E-state index contributed by atoms with van der Waals surface area (Å²) in [7, 11) is 0. The van der Waals surface area contributed by atoms with Gasteiger partial charge in [-0.05, 0) is 32.6 Å². The molecule has 5 heteroatoms. The Morgan fingerprint density at radius 2 is 2.12 bits per heavy atom. The van der Waals surface area contributed by atoms with E-state index >= 15 is 0 Å². The van der Waals surface area contributed by atoms with Crippen molar-refractivity contribution in [1.29, 1.82) is 0 Å². The van der Waals surface area contributed by atoms with Gasteiger partial charge in [0.25, 0.3) is 0 Å². The summed E-state index contributed by atoms with van der Waals surface area (Å²) < 4.78 is 5.38. The zero-order valence-corrected chi connectivity index (χ0v) is 10.1. The Bertz CT molecular complexity index is 318. The van der Waals surface area contributed by atoms with Crippen LogP contribution in [-0.2, 0) is 14.3 Å². The van der Waals surface area contributed by atoms with Crippen molar-refractivity contribution in [2.24, 2.45) is 5.92 Å². The molecule has 0 bridgehead atoms. The van der Waals surface area contributed by atoms with Crippen LogP contribution >= 0.6 is 0 Å². The number of hydrogen-bond acceptors (Lipinski definition) is 3. The summed E-state index contributed by atoms with van der Waals surface area (Å²) in [6.07, 6.45) is 3.18. The van der Waals surface area contributed by atoms with Crippen LogP contribution in [0, 0.1) is 5.92 Å². The first-order chi connectivity index (χ1) is 8.09. The molecule has 5 nitrogen and oxygen atoms in total. The molecule has 96 valence electrons. The quantitative estimate of drug-likeness (QED) is 0.779. The Hall–Kier alpha value is -1.10. The lowest BCUT2D eigenvalue weighted by atomic mass is 9.98. The average molecular weight is 241 g/mol. The molecule has 2 aliphatic rings. The Kier molecular flexibility index (Phi) is 3.66. The molecule has 17 heavy (non-hydrogen) atoms. The van der Waals surface area contributed by atoms with E-state index in [1.165, 1.54) is 4.90 Å². The molecule has 2 aliphatic heterocycles. The van der Waals surface area contributed by atoms with E-state index in [0.29, 0.717) is 26.0 Å². The van der Waals surface area contributed by atoms with E-state index in [9.17, 15) is 9.59 Å². The summed E-state index contributed by atoms with van der Waals surface area (Å²) in [5.41, 5.74) is 0. The lowest BCUT2D eigenvalue weighted by molar-refractivity contribution is -0.153. The van der Waals surface area contributed by atoms with Crippen LogP contribution in [0.4, 0.5) is 0 Å². The summed E-state index contributed by atoms with van der Waals surface area (Å²) in [6.45, 7) is 2.95. The van der Waals surface area contributed by atoms with Crippen molar-refractivity contribution in [2.75, 3.05) is 13.2 Å². The first-order valence-corrected chi connectivity index (χ1v) is 6.24. The number of rotatable bonds is 2. The molecule has 0 spiro atoms. The second-order valence-corrected chi connectivity index (χ2v) is 4.96. The Morgan fingerprint density at radius 1 is 1.35 bits per heavy atom. The molecular weight excluding hydrogens is 222 g/mol. The van der Waals surface area contributed by atoms with Crippen LogP contribution in [-0.4, -0.2) is 47.2 Å². The fourth-order valence-corrected chi connectivity index (χ4v) is 2.68. The minimum atomic E-state index is -0.884. The molecule has 2 rings (SSSR count). The van der Waals surface area contributed by atoms with Crippen molar-refractivity contribution in [3.63, 3.8) is 0 Å². The van der Waals surface area contributed by atoms with Crippen molar-refractivity contribution in [3.05, 3.63) is 0 Å². The fraction of sp³-hybridized carbons (Fsp3) is 0.833. The number of carboxylic acid groups (broad SMARTS) is 1. The standard InChI is InChI=1S/C12H19NO4/c1-8-6-9(7-17-8)11(14)13-5-3-2-4-10(13)12(15)16/h8-10H,2-7H2,1H3,(H,15,16)/t8?,9?,10-/m0/s1. The third-order valence-electron chi connectivity index (χ3n) is 3.62. The second-order valence-electron chi connectivity index (χ2n) is 4.96. The zero-order chi connectivity index (χ0) is 12.4. The third-order valence-corrected chi connectivity index (χ3v) is 3.62. The highest BCUT2D eigenvalue weighted by atomic mass is 16.5. The van der Waals surface area contributed by atoms with Crippen molar-refractivity contribution in [1.82, 2.24) is 4.90 Å². The molecule has 1 N–H and O–H groups in total. The van der Waals surface area contributed by atoms with Gasteiger partial charge in [-0.1, -0.05) is 0 Å². The number of nitrogens with zero attached hydrogens (tertiary/aromatic N) is 1. The van der Waals surface area contributed by atoms with Gasteiger partial charge in [0, 0.05) is 6.54 Å². The predicted molar refractivity (Wildman–Crippen MR) is 60.5 cm³/mol. The maximum Gasteiger partial charge on any atom is 0.326 e. The molecule has 3 atom stereocenters. The lowest BCUT2D eigenvalue weighted by Crippen LogP contribution is -2.50. The highest BCUT2D eigenvalue weighted by Crippen LogP contribution is 2.25. The molecule has 0 radical (unpaired) electrons. The van der Waals surface area contributed by atoms with Crippen molar-refractivity contribution >= 4 is 11.9 Å². The van der Waals surface area contributed by atoms with Crippen LogP contribution in [0.3, 0.4) is 0 Å². The lowest BCUT2D eigenvalue weighted by Gasteiger charge is -2.34. The molecular formula is C12H19NO4. The van der Waals surface area contributed by atoms with Crippen LogP contribution in [0.5, 0.6) is 0 Å². The summed E-state index contributed by atoms with van der Waals surface area (Å²) in [5, 5.41) is 9.13. The van der Waals surface area contributed by atoms with Gasteiger partial charge >= 0.3 is 5.97 Å². The van der Waals surface area contributed by atoms with Crippen LogP contribution in [0.1, 0.15) is 32.6 Å². The van der Waals surface area contributed by atoms with Crippen molar-refractivity contribution in [3.8, 4) is 0 Å². The molecule has 0 aromatic rings. The van der Waals surface area contributed by atoms with E-state index in [4.69, 9.17) is 9.84 Å². The molecule has 0 aromatic heterocycles. The van der Waals surface area contributed by atoms with Crippen LogP contribution in [0.25, 0.3) is 0 Å². The molecule has 1 amide bonds. The van der Waals surface area contributed by atoms with Crippen LogP contribution in [0.15, 0.2) is 0 Å². The highest BCUT2D eigenvalue weighted by Gasteiger charge is 2.37. The smallest absolute Gasteiger partial charge is 0.326 e. The van der Waals surface area contributed by atoms with Gasteiger partial charge in [-0.15, -0.1) is 0 Å². The summed E-state index contributed by atoms with van der Waals surface area (Å²) in [5.74, 6) is -1.07. The Labute approximate surface area is 101 Å². The van der Waals surface area contributed by atoms with Gasteiger partial charge in [-0.3, -0.25) is 4.79 Å². The number of aliphatic carboxylic acids is 1. The highest BCUT2D eigenvalue weighted by molar-refractivity contribution is 5.85. The van der Waals surface area contributed by atoms with Crippen molar-refractivity contribution < 1.29 is 19.4 Å². The Morgan fingerprint density at radius 3 is 2.71 bits per heavy atom.